The highest BCUT2D eigenvalue weighted by Crippen LogP contribution is 2.34. The van der Waals surface area contributed by atoms with Crippen LogP contribution in [0.2, 0.25) is 0 Å². The average Bonchev–Trinajstić information content (AvgIpc) is 2.04. The van der Waals surface area contributed by atoms with Crippen molar-refractivity contribution in [2.75, 3.05) is 0 Å². The van der Waals surface area contributed by atoms with Gasteiger partial charge in [-0.3, -0.25) is 4.79 Å². The van der Waals surface area contributed by atoms with Crippen LogP contribution in [-0.2, 0) is 4.79 Å². The minimum Gasteiger partial charge on any atom is -0.303 e. The molecule has 2 rings (SSSR count). The van der Waals surface area contributed by atoms with Crippen LogP contribution in [0, 0.1) is 0 Å². The Kier molecular flexibility index (Phi) is 0.913. The van der Waals surface area contributed by atoms with Gasteiger partial charge in [0.15, 0.2) is 0 Å². The first-order valence-electron chi connectivity index (χ1n) is 3.00. The van der Waals surface area contributed by atoms with Crippen LogP contribution in [-0.4, -0.2) is 16.8 Å². The first-order valence-corrected chi connectivity index (χ1v) is 3.45. The molecule has 1 saturated heterocycles. The molecule has 2 aliphatic rings. The zero-order chi connectivity index (χ0) is 6.43. The lowest BCUT2D eigenvalue weighted by Crippen LogP contribution is -2.47. The Labute approximate surface area is 58.9 Å². The predicted molar refractivity (Wildman–Crippen MR) is 36.9 cm³/mol. The van der Waals surface area contributed by atoms with E-state index in [1.807, 2.05) is 6.08 Å². The molecule has 1 unspecified atom stereocenters. The lowest BCUT2D eigenvalue weighted by atomic mass is 10.0. The molecule has 2 nitrogen and oxygen atoms in total. The van der Waals surface area contributed by atoms with Crippen LogP contribution in [0.3, 0.4) is 0 Å². The zero-order valence-corrected chi connectivity index (χ0v) is 5.77. The summed E-state index contributed by atoms with van der Waals surface area (Å²) >= 11 is 4.12. The van der Waals surface area contributed by atoms with E-state index < -0.39 is 0 Å². The van der Waals surface area contributed by atoms with Crippen LogP contribution in [0.15, 0.2) is 11.1 Å². The van der Waals surface area contributed by atoms with E-state index >= 15 is 0 Å². The van der Waals surface area contributed by atoms with Crippen molar-refractivity contribution < 1.29 is 4.79 Å². The normalized spacial score (nSPS) is 31.7. The molecule has 0 aromatic rings. The molecule has 0 N–H and O–H groups in total. The van der Waals surface area contributed by atoms with Crippen molar-refractivity contribution in [2.45, 2.75) is 18.9 Å². The molecule has 1 amide bonds. The Morgan fingerprint density at radius 2 is 2.56 bits per heavy atom. The van der Waals surface area contributed by atoms with Crippen molar-refractivity contribution in [1.82, 2.24) is 4.90 Å². The maximum Gasteiger partial charge on any atom is 0.229 e. The van der Waals surface area contributed by atoms with Gasteiger partial charge >= 0.3 is 0 Å². The molecule has 0 radical (unpaired) electrons. The van der Waals surface area contributed by atoms with Gasteiger partial charge in [-0.2, -0.15) is 0 Å². The fourth-order valence-electron chi connectivity index (χ4n) is 1.33. The number of amides is 1. The van der Waals surface area contributed by atoms with E-state index in [9.17, 15) is 4.79 Å². The van der Waals surface area contributed by atoms with Crippen molar-refractivity contribution in [3.05, 3.63) is 11.1 Å². The van der Waals surface area contributed by atoms with E-state index in [1.165, 1.54) is 0 Å². The third-order valence-corrected chi connectivity index (χ3v) is 2.26. The van der Waals surface area contributed by atoms with E-state index in [-0.39, 0.29) is 5.91 Å². The van der Waals surface area contributed by atoms with E-state index in [0.717, 1.165) is 17.9 Å². The van der Waals surface area contributed by atoms with Crippen LogP contribution in [0.4, 0.5) is 0 Å². The van der Waals surface area contributed by atoms with Crippen LogP contribution in [0.5, 0.6) is 0 Å². The number of nitrogens with zero attached hydrogens (tertiary/aromatic N) is 1. The predicted octanol–water partition coefficient (Wildman–Crippen LogP) is 0.762. The maximum atomic E-state index is 10.8. The quantitative estimate of drug-likeness (QED) is 0.390. The third kappa shape index (κ3) is 0.553. The second-order valence-corrected chi connectivity index (χ2v) is 2.88. The highest BCUT2D eigenvalue weighted by Gasteiger charge is 2.39. The van der Waals surface area contributed by atoms with Gasteiger partial charge in [0.05, 0.1) is 5.03 Å². The van der Waals surface area contributed by atoms with Crippen molar-refractivity contribution in [3.63, 3.8) is 0 Å². The molecule has 0 aliphatic carbocycles. The summed E-state index contributed by atoms with van der Waals surface area (Å²) in [5.74, 6) is 0.221. The fourth-order valence-corrected chi connectivity index (χ4v) is 1.71. The van der Waals surface area contributed by atoms with E-state index in [1.54, 1.807) is 4.90 Å². The molecule has 2 aliphatic heterocycles. The van der Waals surface area contributed by atoms with Crippen molar-refractivity contribution in [2.24, 2.45) is 0 Å². The van der Waals surface area contributed by atoms with Crippen LogP contribution in [0.1, 0.15) is 12.8 Å². The summed E-state index contributed by atoms with van der Waals surface area (Å²) in [7, 11) is 0. The summed E-state index contributed by atoms with van der Waals surface area (Å²) in [6.45, 7) is 0. The van der Waals surface area contributed by atoms with Crippen molar-refractivity contribution in [3.8, 4) is 0 Å². The lowest BCUT2D eigenvalue weighted by Gasteiger charge is -2.35. The Morgan fingerprint density at radius 3 is 3.00 bits per heavy atom. The second kappa shape index (κ2) is 1.53. The molecular formula is C6H7NOS. The van der Waals surface area contributed by atoms with Gasteiger partial charge in [0.2, 0.25) is 5.91 Å². The number of hydrogen-bond donors (Lipinski definition) is 1. The standard InChI is InChI=1S/C6H7NOS/c8-5-3-4-1-2-6(9)7(4)5/h2,4,9H,1,3H2. The summed E-state index contributed by atoms with van der Waals surface area (Å²) < 4.78 is 0. The van der Waals surface area contributed by atoms with E-state index in [2.05, 4.69) is 12.6 Å². The molecule has 0 aromatic carbocycles. The molecule has 1 fully saturated rings. The Hall–Kier alpha value is -0.440. The van der Waals surface area contributed by atoms with Gasteiger partial charge < -0.3 is 4.90 Å². The average molecular weight is 141 g/mol. The smallest absolute Gasteiger partial charge is 0.229 e. The number of carbonyl (C=O) groups is 1. The van der Waals surface area contributed by atoms with Gasteiger partial charge in [-0.15, -0.1) is 12.6 Å². The molecule has 9 heavy (non-hydrogen) atoms. The van der Waals surface area contributed by atoms with Crippen LogP contribution in [0.25, 0.3) is 0 Å². The number of carbonyl (C=O) groups excluding carboxylic acids is 1. The van der Waals surface area contributed by atoms with Gasteiger partial charge in [0.25, 0.3) is 0 Å². The SMILES string of the molecule is O=C1CC2CC=C(S)N12. The molecule has 0 spiro atoms. The summed E-state index contributed by atoms with van der Waals surface area (Å²) in [6, 6.07) is 0.463. The van der Waals surface area contributed by atoms with Gasteiger partial charge in [0, 0.05) is 12.5 Å². The summed E-state index contributed by atoms with van der Waals surface area (Å²) in [4.78, 5) is 12.5. The van der Waals surface area contributed by atoms with Crippen molar-refractivity contribution in [1.29, 1.82) is 0 Å². The monoisotopic (exact) mass is 141 g/mol. The molecule has 2 heterocycles. The minimum absolute atomic E-state index is 0.221. The lowest BCUT2D eigenvalue weighted by molar-refractivity contribution is -0.140. The summed E-state index contributed by atoms with van der Waals surface area (Å²) in [6.07, 6.45) is 3.73. The molecule has 3 heteroatoms. The molecule has 1 atom stereocenters. The van der Waals surface area contributed by atoms with Gasteiger partial charge in [-0.05, 0) is 6.42 Å². The number of fused-ring (bicyclic) bond motifs is 1. The van der Waals surface area contributed by atoms with E-state index in [0.29, 0.717) is 6.04 Å². The summed E-state index contributed by atoms with van der Waals surface area (Å²) in [5.41, 5.74) is 0. The largest absolute Gasteiger partial charge is 0.303 e. The number of rotatable bonds is 0. The second-order valence-electron chi connectivity index (χ2n) is 2.42. The van der Waals surface area contributed by atoms with Gasteiger partial charge in [-0.1, -0.05) is 6.08 Å². The zero-order valence-electron chi connectivity index (χ0n) is 4.87. The Balaban J connectivity index is 2.24. The van der Waals surface area contributed by atoms with Gasteiger partial charge in [0.1, 0.15) is 0 Å². The Morgan fingerprint density at radius 1 is 1.78 bits per heavy atom. The summed E-state index contributed by atoms with van der Waals surface area (Å²) in [5, 5.41) is 0.844. The minimum atomic E-state index is 0.221. The maximum absolute atomic E-state index is 10.8. The number of β-lactam (4-membered cyclic amide) rings is 1. The first-order chi connectivity index (χ1) is 4.29. The van der Waals surface area contributed by atoms with Crippen LogP contribution >= 0.6 is 12.6 Å². The van der Waals surface area contributed by atoms with E-state index in [4.69, 9.17) is 0 Å². The molecule has 0 bridgehead atoms. The highest BCUT2D eigenvalue weighted by atomic mass is 32.1. The number of hydrogen-bond acceptors (Lipinski definition) is 2. The fraction of sp³-hybridized carbons (Fsp3) is 0.500. The Bertz CT molecular complexity index is 199. The van der Waals surface area contributed by atoms with Crippen LogP contribution < -0.4 is 0 Å². The van der Waals surface area contributed by atoms with Crippen molar-refractivity contribution >= 4 is 18.5 Å². The molecule has 0 aromatic heterocycles. The molecule has 48 valence electrons. The first kappa shape index (κ1) is 5.35. The number of thiol groups is 1. The molecule has 0 saturated carbocycles. The molecular weight excluding hydrogens is 134 g/mol. The topological polar surface area (TPSA) is 20.3 Å². The third-order valence-electron chi connectivity index (χ3n) is 1.86. The van der Waals surface area contributed by atoms with Gasteiger partial charge in [-0.25, -0.2) is 0 Å². The highest BCUT2D eigenvalue weighted by molar-refractivity contribution is 7.84.